The lowest BCUT2D eigenvalue weighted by Crippen LogP contribution is -1.99. The average molecular weight is 298 g/mol. The van der Waals surface area contributed by atoms with Gasteiger partial charge >= 0.3 is 0 Å². The topological polar surface area (TPSA) is 26.3 Å². The molecular formula is C18H18O2S. The van der Waals surface area contributed by atoms with Crippen LogP contribution in [0.15, 0.2) is 24.3 Å². The minimum Gasteiger partial charge on any atom is -0.493 e. The largest absolute Gasteiger partial charge is 0.493 e. The summed E-state index contributed by atoms with van der Waals surface area (Å²) in [5.41, 5.74) is 3.37. The zero-order valence-electron chi connectivity index (χ0n) is 12.0. The molecule has 108 valence electrons. The third kappa shape index (κ3) is 2.40. The molecule has 1 aliphatic heterocycles. The fraction of sp³-hybridized carbons (Fsp3) is 0.389. The van der Waals surface area contributed by atoms with Crippen LogP contribution in [0.1, 0.15) is 50.5 Å². The summed E-state index contributed by atoms with van der Waals surface area (Å²) in [6, 6.07) is 7.98. The summed E-state index contributed by atoms with van der Waals surface area (Å²) in [5, 5.41) is 0. The third-order valence-corrected chi connectivity index (χ3v) is 5.66. The quantitative estimate of drug-likeness (QED) is 0.614. The van der Waals surface area contributed by atoms with Gasteiger partial charge in [-0.2, -0.15) is 0 Å². The molecule has 0 saturated heterocycles. The van der Waals surface area contributed by atoms with Crippen LogP contribution < -0.4 is 4.74 Å². The molecule has 2 heterocycles. The van der Waals surface area contributed by atoms with Crippen molar-refractivity contribution in [1.29, 1.82) is 0 Å². The Morgan fingerprint density at radius 1 is 1.00 bits per heavy atom. The molecule has 0 unspecified atom stereocenters. The van der Waals surface area contributed by atoms with E-state index in [1.165, 1.54) is 35.3 Å². The molecule has 1 aliphatic carbocycles. The summed E-state index contributed by atoms with van der Waals surface area (Å²) in [4.78, 5) is 15.1. The zero-order chi connectivity index (χ0) is 14.2. The summed E-state index contributed by atoms with van der Waals surface area (Å²) >= 11 is 1.70. The molecule has 3 heteroatoms. The summed E-state index contributed by atoms with van der Waals surface area (Å²) in [7, 11) is 0. The van der Waals surface area contributed by atoms with Crippen LogP contribution in [0, 0.1) is 0 Å². The number of benzene rings is 1. The second kappa shape index (κ2) is 5.30. The second-order valence-corrected chi connectivity index (χ2v) is 7.01. The Morgan fingerprint density at radius 3 is 2.86 bits per heavy atom. The van der Waals surface area contributed by atoms with E-state index in [-0.39, 0.29) is 5.78 Å². The first-order valence-electron chi connectivity index (χ1n) is 7.73. The summed E-state index contributed by atoms with van der Waals surface area (Å²) in [5.74, 6) is 1.11. The van der Waals surface area contributed by atoms with E-state index in [1.807, 2.05) is 18.2 Å². The average Bonchev–Trinajstić information content (AvgIpc) is 3.08. The molecule has 1 aromatic carbocycles. The van der Waals surface area contributed by atoms with E-state index in [0.29, 0.717) is 0 Å². The number of ether oxygens (including phenoxy) is 1. The van der Waals surface area contributed by atoms with Gasteiger partial charge in [-0.05, 0) is 61.1 Å². The molecule has 4 rings (SSSR count). The molecule has 0 spiro atoms. The van der Waals surface area contributed by atoms with Crippen molar-refractivity contribution in [3.05, 3.63) is 50.7 Å². The highest BCUT2D eigenvalue weighted by Gasteiger charge is 2.20. The predicted molar refractivity (Wildman–Crippen MR) is 84.7 cm³/mol. The van der Waals surface area contributed by atoms with Gasteiger partial charge in [-0.1, -0.05) is 6.42 Å². The highest BCUT2D eigenvalue weighted by molar-refractivity contribution is 7.14. The van der Waals surface area contributed by atoms with E-state index >= 15 is 0 Å². The van der Waals surface area contributed by atoms with Gasteiger partial charge in [0.2, 0.25) is 5.78 Å². The fourth-order valence-corrected chi connectivity index (χ4v) is 4.47. The number of fused-ring (bicyclic) bond motifs is 2. The first kappa shape index (κ1) is 13.1. The van der Waals surface area contributed by atoms with E-state index in [1.54, 1.807) is 11.3 Å². The second-order valence-electron chi connectivity index (χ2n) is 5.87. The molecule has 2 nitrogen and oxygen atoms in total. The van der Waals surface area contributed by atoms with Crippen molar-refractivity contribution in [2.45, 2.75) is 38.5 Å². The van der Waals surface area contributed by atoms with Gasteiger partial charge in [0.15, 0.2) is 0 Å². The Hall–Kier alpha value is -1.61. The first-order chi connectivity index (χ1) is 10.3. The van der Waals surface area contributed by atoms with Crippen molar-refractivity contribution in [3.8, 4) is 5.75 Å². The van der Waals surface area contributed by atoms with Crippen LogP contribution in [-0.4, -0.2) is 12.4 Å². The van der Waals surface area contributed by atoms with Crippen molar-refractivity contribution < 1.29 is 9.53 Å². The van der Waals surface area contributed by atoms with Crippen molar-refractivity contribution in [2.75, 3.05) is 6.61 Å². The Bertz CT molecular complexity index is 676. The van der Waals surface area contributed by atoms with Crippen molar-refractivity contribution >= 4 is 17.1 Å². The lowest BCUT2D eigenvalue weighted by atomic mass is 10.0. The standard InChI is InChI=1S/C18H18O2S/c19-18(14-6-7-15-12(10-14)8-9-20-15)17-11-13-4-2-1-3-5-16(13)21-17/h6-7,10-11H,1-5,8-9H2. The van der Waals surface area contributed by atoms with Gasteiger partial charge in [0.1, 0.15) is 5.75 Å². The van der Waals surface area contributed by atoms with Crippen molar-refractivity contribution in [2.24, 2.45) is 0 Å². The van der Waals surface area contributed by atoms with Crippen LogP contribution in [0.2, 0.25) is 0 Å². The monoisotopic (exact) mass is 298 g/mol. The third-order valence-electron chi connectivity index (χ3n) is 4.42. The normalized spacial score (nSPS) is 16.8. The van der Waals surface area contributed by atoms with E-state index < -0.39 is 0 Å². The van der Waals surface area contributed by atoms with Crippen molar-refractivity contribution in [3.63, 3.8) is 0 Å². The molecule has 0 radical (unpaired) electrons. The molecule has 21 heavy (non-hydrogen) atoms. The Balaban J connectivity index is 1.65. The van der Waals surface area contributed by atoms with Crippen LogP contribution >= 0.6 is 11.3 Å². The molecule has 2 aliphatic rings. The molecule has 0 amide bonds. The smallest absolute Gasteiger partial charge is 0.202 e. The zero-order valence-corrected chi connectivity index (χ0v) is 12.8. The summed E-state index contributed by atoms with van der Waals surface area (Å²) in [6.07, 6.45) is 7.03. The molecule has 0 bridgehead atoms. The van der Waals surface area contributed by atoms with Gasteiger partial charge in [-0.15, -0.1) is 11.3 Å². The number of carbonyl (C=O) groups excluding carboxylic acids is 1. The lowest BCUT2D eigenvalue weighted by molar-refractivity contribution is 0.104. The fourth-order valence-electron chi connectivity index (χ4n) is 3.25. The highest BCUT2D eigenvalue weighted by atomic mass is 32.1. The lowest BCUT2D eigenvalue weighted by Gasteiger charge is -2.02. The predicted octanol–water partition coefficient (Wildman–Crippen LogP) is 4.18. The van der Waals surface area contributed by atoms with Gasteiger partial charge < -0.3 is 4.74 Å². The number of rotatable bonds is 2. The Morgan fingerprint density at radius 2 is 1.90 bits per heavy atom. The number of aryl methyl sites for hydroxylation is 2. The van der Waals surface area contributed by atoms with Crippen LogP contribution in [-0.2, 0) is 19.3 Å². The van der Waals surface area contributed by atoms with Gasteiger partial charge in [0.05, 0.1) is 11.5 Å². The number of ketones is 1. The van der Waals surface area contributed by atoms with Crippen LogP contribution in [0.4, 0.5) is 0 Å². The minimum absolute atomic E-state index is 0.169. The molecule has 2 aromatic rings. The van der Waals surface area contributed by atoms with Crippen LogP contribution in [0.5, 0.6) is 5.75 Å². The molecule has 1 aromatic heterocycles. The molecule has 0 atom stereocenters. The molecule has 0 saturated carbocycles. The number of thiophene rings is 1. The summed E-state index contributed by atoms with van der Waals surface area (Å²) < 4.78 is 5.51. The Kier molecular flexibility index (Phi) is 3.30. The minimum atomic E-state index is 0.169. The van der Waals surface area contributed by atoms with E-state index in [9.17, 15) is 4.79 Å². The van der Waals surface area contributed by atoms with Crippen LogP contribution in [0.25, 0.3) is 0 Å². The molecule has 0 fully saturated rings. The maximum atomic E-state index is 12.7. The SMILES string of the molecule is O=C(c1ccc2c(c1)CCO2)c1cc2c(s1)CCCCC2. The van der Waals surface area contributed by atoms with Gasteiger partial charge in [0, 0.05) is 16.9 Å². The summed E-state index contributed by atoms with van der Waals surface area (Å²) in [6.45, 7) is 0.736. The van der Waals surface area contributed by atoms with Crippen molar-refractivity contribution in [1.82, 2.24) is 0 Å². The van der Waals surface area contributed by atoms with Crippen LogP contribution in [0.3, 0.4) is 0 Å². The highest BCUT2D eigenvalue weighted by Crippen LogP contribution is 2.32. The molecular weight excluding hydrogens is 280 g/mol. The van der Waals surface area contributed by atoms with E-state index in [2.05, 4.69) is 6.07 Å². The van der Waals surface area contributed by atoms with Gasteiger partial charge in [-0.3, -0.25) is 4.79 Å². The van der Waals surface area contributed by atoms with Gasteiger partial charge in [-0.25, -0.2) is 0 Å². The maximum absolute atomic E-state index is 12.7. The maximum Gasteiger partial charge on any atom is 0.202 e. The molecule has 0 N–H and O–H groups in total. The Labute approximate surface area is 128 Å². The first-order valence-corrected chi connectivity index (χ1v) is 8.55. The number of hydrogen-bond acceptors (Lipinski definition) is 3. The number of hydrogen-bond donors (Lipinski definition) is 0. The van der Waals surface area contributed by atoms with Gasteiger partial charge in [0.25, 0.3) is 0 Å². The number of carbonyl (C=O) groups is 1. The van der Waals surface area contributed by atoms with E-state index in [0.717, 1.165) is 42.1 Å². The van der Waals surface area contributed by atoms with E-state index in [4.69, 9.17) is 4.74 Å².